The maximum atomic E-state index is 15.4. The number of halogens is 1. The molecule has 0 aliphatic carbocycles. The molecule has 0 N–H and O–H groups in total. The van der Waals surface area contributed by atoms with Gasteiger partial charge in [0.15, 0.2) is 11.4 Å². The standard InChI is InChI=1S/C23H17FN2O/c1-14(16-9-5-3-6-10-16)23-26-21-18(13-25)15(2)19(20(24)22(21)27-23)17-11-7-4-8-12-17/h3-12,14H,1-2H3. The second kappa shape index (κ2) is 6.69. The van der Waals surface area contributed by atoms with Crippen molar-refractivity contribution in [3.05, 3.63) is 89.1 Å². The molecule has 1 atom stereocenters. The predicted octanol–water partition coefficient (Wildman–Crippen LogP) is 5.97. The molecule has 1 unspecified atom stereocenters. The highest BCUT2D eigenvalue weighted by Gasteiger charge is 2.25. The van der Waals surface area contributed by atoms with Crippen LogP contribution < -0.4 is 0 Å². The Balaban J connectivity index is 1.96. The smallest absolute Gasteiger partial charge is 0.202 e. The van der Waals surface area contributed by atoms with Gasteiger partial charge in [-0.2, -0.15) is 5.26 Å². The largest absolute Gasteiger partial charge is 0.437 e. The maximum absolute atomic E-state index is 15.4. The van der Waals surface area contributed by atoms with E-state index >= 15 is 4.39 Å². The van der Waals surface area contributed by atoms with Crippen molar-refractivity contribution in [3.8, 4) is 17.2 Å². The van der Waals surface area contributed by atoms with Crippen LogP contribution in [0.4, 0.5) is 4.39 Å². The number of benzene rings is 3. The monoisotopic (exact) mass is 356 g/mol. The number of fused-ring (bicyclic) bond motifs is 1. The highest BCUT2D eigenvalue weighted by atomic mass is 19.1. The first-order valence-corrected chi connectivity index (χ1v) is 8.74. The molecule has 27 heavy (non-hydrogen) atoms. The molecular weight excluding hydrogens is 339 g/mol. The maximum Gasteiger partial charge on any atom is 0.202 e. The Morgan fingerprint density at radius 3 is 2.30 bits per heavy atom. The van der Waals surface area contributed by atoms with Gasteiger partial charge in [-0.25, -0.2) is 9.37 Å². The molecule has 1 heterocycles. The van der Waals surface area contributed by atoms with E-state index in [0.717, 1.165) is 5.56 Å². The molecule has 132 valence electrons. The molecule has 0 saturated carbocycles. The highest BCUT2D eigenvalue weighted by molar-refractivity contribution is 5.89. The fraction of sp³-hybridized carbons (Fsp3) is 0.130. The Kier molecular flexibility index (Phi) is 4.21. The second-order valence-corrected chi connectivity index (χ2v) is 6.53. The van der Waals surface area contributed by atoms with Gasteiger partial charge in [-0.05, 0) is 30.5 Å². The fourth-order valence-corrected chi connectivity index (χ4v) is 3.39. The van der Waals surface area contributed by atoms with Gasteiger partial charge in [-0.1, -0.05) is 60.7 Å². The van der Waals surface area contributed by atoms with Gasteiger partial charge in [-0.3, -0.25) is 0 Å². The molecule has 0 spiro atoms. The summed E-state index contributed by atoms with van der Waals surface area (Å²) in [5, 5.41) is 9.69. The van der Waals surface area contributed by atoms with E-state index in [0.29, 0.717) is 28.1 Å². The number of hydrogen-bond donors (Lipinski definition) is 0. The van der Waals surface area contributed by atoms with Gasteiger partial charge in [0.05, 0.1) is 11.5 Å². The topological polar surface area (TPSA) is 49.8 Å². The molecule has 4 aromatic rings. The van der Waals surface area contributed by atoms with Crippen molar-refractivity contribution >= 4 is 11.1 Å². The van der Waals surface area contributed by atoms with E-state index in [1.165, 1.54) is 0 Å². The minimum atomic E-state index is -0.480. The third kappa shape index (κ3) is 2.78. The first-order chi connectivity index (χ1) is 13.1. The lowest BCUT2D eigenvalue weighted by Gasteiger charge is -2.09. The summed E-state index contributed by atoms with van der Waals surface area (Å²) >= 11 is 0. The van der Waals surface area contributed by atoms with Crippen molar-refractivity contribution in [2.75, 3.05) is 0 Å². The molecule has 0 aliphatic heterocycles. The van der Waals surface area contributed by atoms with Crippen LogP contribution >= 0.6 is 0 Å². The van der Waals surface area contributed by atoms with Crippen LogP contribution in [0.1, 0.15) is 35.4 Å². The van der Waals surface area contributed by atoms with Gasteiger partial charge in [-0.15, -0.1) is 0 Å². The van der Waals surface area contributed by atoms with E-state index in [4.69, 9.17) is 4.42 Å². The molecule has 4 heteroatoms. The van der Waals surface area contributed by atoms with Crippen LogP contribution in [0.2, 0.25) is 0 Å². The van der Waals surface area contributed by atoms with E-state index in [-0.39, 0.29) is 17.0 Å². The van der Waals surface area contributed by atoms with Gasteiger partial charge in [0.1, 0.15) is 11.6 Å². The molecule has 0 amide bonds. The number of rotatable bonds is 3. The van der Waals surface area contributed by atoms with Gasteiger partial charge in [0.2, 0.25) is 5.89 Å². The van der Waals surface area contributed by atoms with Crippen LogP contribution in [-0.4, -0.2) is 4.98 Å². The Bertz CT molecular complexity index is 1160. The molecule has 0 saturated heterocycles. The molecule has 0 fully saturated rings. The van der Waals surface area contributed by atoms with E-state index in [2.05, 4.69) is 11.1 Å². The van der Waals surface area contributed by atoms with Gasteiger partial charge >= 0.3 is 0 Å². The molecule has 4 rings (SSSR count). The summed E-state index contributed by atoms with van der Waals surface area (Å²) in [5.41, 5.74) is 3.35. The fourth-order valence-electron chi connectivity index (χ4n) is 3.39. The van der Waals surface area contributed by atoms with Crippen LogP contribution in [0, 0.1) is 24.1 Å². The second-order valence-electron chi connectivity index (χ2n) is 6.53. The number of nitriles is 1. The predicted molar refractivity (Wildman–Crippen MR) is 103 cm³/mol. The molecule has 3 aromatic carbocycles. The van der Waals surface area contributed by atoms with Crippen LogP contribution in [0.15, 0.2) is 65.1 Å². The summed E-state index contributed by atoms with van der Waals surface area (Å²) < 4.78 is 21.2. The van der Waals surface area contributed by atoms with Crippen molar-refractivity contribution in [3.63, 3.8) is 0 Å². The van der Waals surface area contributed by atoms with Crippen molar-refractivity contribution in [1.29, 1.82) is 5.26 Å². The Labute approximate surface area is 156 Å². The zero-order valence-electron chi connectivity index (χ0n) is 15.0. The Morgan fingerprint density at radius 2 is 1.67 bits per heavy atom. The van der Waals surface area contributed by atoms with Gasteiger partial charge < -0.3 is 4.42 Å². The molecular formula is C23H17FN2O. The lowest BCUT2D eigenvalue weighted by atomic mass is 9.95. The van der Waals surface area contributed by atoms with Crippen LogP contribution in [0.5, 0.6) is 0 Å². The zero-order valence-corrected chi connectivity index (χ0v) is 15.0. The summed E-state index contributed by atoms with van der Waals surface area (Å²) in [5.74, 6) is -0.229. The average molecular weight is 356 g/mol. The lowest BCUT2D eigenvalue weighted by molar-refractivity contribution is 0.493. The Hall–Kier alpha value is -3.45. The minimum absolute atomic E-state index is 0.0359. The first kappa shape index (κ1) is 17.0. The third-order valence-electron chi connectivity index (χ3n) is 4.89. The van der Waals surface area contributed by atoms with Crippen molar-refractivity contribution < 1.29 is 8.81 Å². The lowest BCUT2D eigenvalue weighted by Crippen LogP contribution is -1.96. The van der Waals surface area contributed by atoms with Crippen molar-refractivity contribution in [1.82, 2.24) is 4.98 Å². The first-order valence-electron chi connectivity index (χ1n) is 8.74. The average Bonchev–Trinajstić information content (AvgIpc) is 3.15. The molecule has 0 bridgehead atoms. The summed E-state index contributed by atoms with van der Waals surface area (Å²) in [6.45, 7) is 3.70. The number of nitrogens with zero attached hydrogens (tertiary/aromatic N) is 2. The number of hydrogen-bond acceptors (Lipinski definition) is 3. The highest BCUT2D eigenvalue weighted by Crippen LogP contribution is 2.37. The summed E-state index contributed by atoms with van der Waals surface area (Å²) in [7, 11) is 0. The quantitative estimate of drug-likeness (QED) is 0.455. The van der Waals surface area contributed by atoms with E-state index in [1.54, 1.807) is 6.92 Å². The van der Waals surface area contributed by atoms with E-state index < -0.39 is 5.82 Å². The Morgan fingerprint density at radius 1 is 1.04 bits per heavy atom. The summed E-state index contributed by atoms with van der Waals surface area (Å²) in [4.78, 5) is 4.49. The van der Waals surface area contributed by atoms with Crippen LogP contribution in [0.3, 0.4) is 0 Å². The van der Waals surface area contributed by atoms with Crippen LogP contribution in [-0.2, 0) is 0 Å². The summed E-state index contributed by atoms with van der Waals surface area (Å²) in [6, 6.07) is 21.1. The zero-order chi connectivity index (χ0) is 19.0. The molecule has 0 aliphatic rings. The van der Waals surface area contributed by atoms with Crippen molar-refractivity contribution in [2.45, 2.75) is 19.8 Å². The number of oxazole rings is 1. The van der Waals surface area contributed by atoms with Gasteiger partial charge in [0, 0.05) is 5.56 Å². The molecule has 0 radical (unpaired) electrons. The number of aromatic nitrogens is 1. The summed E-state index contributed by atoms with van der Waals surface area (Å²) in [6.07, 6.45) is 0. The third-order valence-corrected chi connectivity index (χ3v) is 4.89. The molecule has 3 nitrogen and oxygen atoms in total. The van der Waals surface area contributed by atoms with Crippen molar-refractivity contribution in [2.24, 2.45) is 0 Å². The van der Waals surface area contributed by atoms with E-state index in [1.807, 2.05) is 67.6 Å². The van der Waals surface area contributed by atoms with Crippen LogP contribution in [0.25, 0.3) is 22.2 Å². The van der Waals surface area contributed by atoms with E-state index in [9.17, 15) is 5.26 Å². The normalized spacial score (nSPS) is 12.1. The SMILES string of the molecule is Cc1c(-c2ccccc2)c(F)c2oc(C(C)c3ccccc3)nc2c1C#N. The minimum Gasteiger partial charge on any atom is -0.437 e. The molecule has 1 aromatic heterocycles. The van der Waals surface area contributed by atoms with Gasteiger partial charge in [0.25, 0.3) is 0 Å².